The van der Waals surface area contributed by atoms with Crippen LogP contribution in [-0.4, -0.2) is 21.7 Å². The maximum absolute atomic E-state index is 11.1. The molecule has 0 aliphatic carbocycles. The van der Waals surface area contributed by atoms with Gasteiger partial charge in [0.05, 0.1) is 11.0 Å². The van der Waals surface area contributed by atoms with Crippen molar-refractivity contribution in [2.75, 3.05) is 6.54 Å². The van der Waals surface area contributed by atoms with Crippen LogP contribution in [0.4, 0.5) is 5.69 Å². The van der Waals surface area contributed by atoms with Gasteiger partial charge < -0.3 is 9.73 Å². The zero-order valence-electron chi connectivity index (χ0n) is 11.7. The average molecular weight is 311 g/mol. The van der Waals surface area contributed by atoms with E-state index in [9.17, 15) is 10.1 Å². The number of aromatic nitrogens is 2. The third kappa shape index (κ3) is 3.37. The van der Waals surface area contributed by atoms with Crippen LogP contribution in [0.3, 0.4) is 0 Å². The molecule has 0 radical (unpaired) electrons. The van der Waals surface area contributed by atoms with Gasteiger partial charge in [0, 0.05) is 11.1 Å². The average Bonchev–Trinajstić information content (AvgIpc) is 2.94. The summed E-state index contributed by atoms with van der Waals surface area (Å²) in [5.74, 6) is 0.531. The van der Waals surface area contributed by atoms with Crippen molar-refractivity contribution in [1.82, 2.24) is 15.5 Å². The van der Waals surface area contributed by atoms with Gasteiger partial charge in [-0.3, -0.25) is 10.1 Å². The van der Waals surface area contributed by atoms with E-state index in [-0.39, 0.29) is 28.2 Å². The lowest BCUT2D eigenvalue weighted by molar-refractivity contribution is -0.384. The Kier molecular flexibility index (Phi) is 4.87. The number of rotatable bonds is 6. The number of halogens is 1. The van der Waals surface area contributed by atoms with Crippen molar-refractivity contribution in [2.45, 2.75) is 26.3 Å². The van der Waals surface area contributed by atoms with Crippen LogP contribution < -0.4 is 5.32 Å². The monoisotopic (exact) mass is 310 g/mol. The van der Waals surface area contributed by atoms with E-state index in [1.807, 2.05) is 13.8 Å². The fraction of sp³-hybridized carbons (Fsp3) is 0.385. The van der Waals surface area contributed by atoms with Crippen LogP contribution in [0.25, 0.3) is 11.5 Å². The van der Waals surface area contributed by atoms with Gasteiger partial charge in [-0.05, 0) is 25.1 Å². The Labute approximate surface area is 126 Å². The lowest BCUT2D eigenvalue weighted by Crippen LogP contribution is -2.20. The Morgan fingerprint density at radius 3 is 2.81 bits per heavy atom. The first kappa shape index (κ1) is 15.4. The van der Waals surface area contributed by atoms with E-state index in [2.05, 4.69) is 15.5 Å². The van der Waals surface area contributed by atoms with Gasteiger partial charge in [0.1, 0.15) is 5.56 Å². The molecule has 0 aliphatic heterocycles. The first-order valence-electron chi connectivity index (χ1n) is 6.57. The van der Waals surface area contributed by atoms with E-state index in [1.165, 1.54) is 12.1 Å². The molecule has 1 atom stereocenters. The molecule has 21 heavy (non-hydrogen) atoms. The zero-order valence-corrected chi connectivity index (χ0v) is 12.4. The Morgan fingerprint density at radius 2 is 2.19 bits per heavy atom. The zero-order chi connectivity index (χ0) is 15.4. The molecule has 0 bridgehead atoms. The Hall–Kier alpha value is -1.99. The molecule has 112 valence electrons. The number of nitrogens with zero attached hydrogens (tertiary/aromatic N) is 3. The molecule has 1 N–H and O–H groups in total. The fourth-order valence-corrected chi connectivity index (χ4v) is 2.14. The third-order valence-electron chi connectivity index (χ3n) is 2.98. The molecule has 8 heteroatoms. The van der Waals surface area contributed by atoms with Gasteiger partial charge in [0.2, 0.25) is 5.89 Å². The van der Waals surface area contributed by atoms with Gasteiger partial charge in [-0.15, -0.1) is 10.2 Å². The fourth-order valence-electron chi connectivity index (χ4n) is 1.97. The highest BCUT2D eigenvalue weighted by Gasteiger charge is 2.23. The maximum Gasteiger partial charge on any atom is 0.283 e. The van der Waals surface area contributed by atoms with Crippen LogP contribution in [0.5, 0.6) is 0 Å². The smallest absolute Gasteiger partial charge is 0.283 e. The normalized spacial score (nSPS) is 12.3. The number of nitro groups is 1. The second-order valence-electron chi connectivity index (χ2n) is 4.38. The summed E-state index contributed by atoms with van der Waals surface area (Å²) in [5.41, 5.74) is 0.101. The summed E-state index contributed by atoms with van der Waals surface area (Å²) >= 11 is 5.79. The van der Waals surface area contributed by atoms with E-state index >= 15 is 0 Å². The van der Waals surface area contributed by atoms with Crippen molar-refractivity contribution in [1.29, 1.82) is 0 Å². The molecular weight excluding hydrogens is 296 g/mol. The van der Waals surface area contributed by atoms with Crippen molar-refractivity contribution in [3.05, 3.63) is 39.2 Å². The number of benzene rings is 1. The molecule has 1 heterocycles. The van der Waals surface area contributed by atoms with Crippen molar-refractivity contribution < 1.29 is 9.34 Å². The van der Waals surface area contributed by atoms with Crippen molar-refractivity contribution >= 4 is 17.3 Å². The number of hydrogen-bond donors (Lipinski definition) is 1. The van der Waals surface area contributed by atoms with Gasteiger partial charge in [-0.1, -0.05) is 25.4 Å². The molecule has 1 unspecified atom stereocenters. The molecule has 1 aromatic heterocycles. The standard InChI is InChI=1S/C13H15ClN4O3/c1-3-10(15-4-2)13-17-16-12(21-13)9-6-5-8(14)7-11(9)18(19)20/h5-7,10,15H,3-4H2,1-2H3. The van der Waals surface area contributed by atoms with Crippen molar-refractivity contribution in [3.8, 4) is 11.5 Å². The topological polar surface area (TPSA) is 94.1 Å². The molecule has 0 spiro atoms. The van der Waals surface area contributed by atoms with E-state index in [1.54, 1.807) is 6.07 Å². The Morgan fingerprint density at radius 1 is 1.43 bits per heavy atom. The molecule has 1 aromatic carbocycles. The SMILES string of the molecule is CCNC(CC)c1nnc(-c2ccc(Cl)cc2[N+](=O)[O-])o1. The molecule has 0 aliphatic rings. The van der Waals surface area contributed by atoms with E-state index < -0.39 is 4.92 Å². The molecule has 0 saturated heterocycles. The molecule has 0 fully saturated rings. The van der Waals surface area contributed by atoms with Crippen LogP contribution in [0.2, 0.25) is 5.02 Å². The summed E-state index contributed by atoms with van der Waals surface area (Å²) in [6.45, 7) is 4.73. The third-order valence-corrected chi connectivity index (χ3v) is 3.22. The minimum absolute atomic E-state index is 0.0670. The summed E-state index contributed by atoms with van der Waals surface area (Å²) in [4.78, 5) is 10.6. The first-order chi connectivity index (χ1) is 10.1. The van der Waals surface area contributed by atoms with Gasteiger partial charge in [0.15, 0.2) is 0 Å². The predicted molar refractivity (Wildman–Crippen MR) is 78.1 cm³/mol. The summed E-state index contributed by atoms with van der Waals surface area (Å²) in [6.07, 6.45) is 0.776. The van der Waals surface area contributed by atoms with Crippen LogP contribution in [0, 0.1) is 10.1 Å². The summed E-state index contributed by atoms with van der Waals surface area (Å²) in [5, 5.41) is 22.5. The summed E-state index contributed by atoms with van der Waals surface area (Å²) < 4.78 is 5.57. The second kappa shape index (κ2) is 6.64. The first-order valence-corrected chi connectivity index (χ1v) is 6.95. The Balaban J connectivity index is 2.40. The van der Waals surface area contributed by atoms with Gasteiger partial charge in [0.25, 0.3) is 11.6 Å². The number of nitro benzene ring substituents is 1. The lowest BCUT2D eigenvalue weighted by Gasteiger charge is -2.10. The highest BCUT2D eigenvalue weighted by Crippen LogP contribution is 2.32. The van der Waals surface area contributed by atoms with Gasteiger partial charge in [-0.2, -0.15) is 0 Å². The highest BCUT2D eigenvalue weighted by atomic mass is 35.5. The van der Waals surface area contributed by atoms with Crippen molar-refractivity contribution in [3.63, 3.8) is 0 Å². The Bertz CT molecular complexity index is 644. The molecule has 2 aromatic rings. The van der Waals surface area contributed by atoms with Crippen LogP contribution in [0.1, 0.15) is 32.2 Å². The van der Waals surface area contributed by atoms with Crippen LogP contribution in [0.15, 0.2) is 22.6 Å². The van der Waals surface area contributed by atoms with E-state index in [4.69, 9.17) is 16.0 Å². The number of hydrogen-bond acceptors (Lipinski definition) is 6. The van der Waals surface area contributed by atoms with Gasteiger partial charge >= 0.3 is 0 Å². The molecule has 7 nitrogen and oxygen atoms in total. The summed E-state index contributed by atoms with van der Waals surface area (Å²) in [6, 6.07) is 4.26. The molecule has 0 saturated carbocycles. The van der Waals surface area contributed by atoms with Crippen LogP contribution >= 0.6 is 11.6 Å². The minimum Gasteiger partial charge on any atom is -0.419 e. The highest BCUT2D eigenvalue weighted by molar-refractivity contribution is 6.30. The quantitative estimate of drug-likeness (QED) is 0.649. The molecule has 0 amide bonds. The predicted octanol–water partition coefficient (Wildman–Crippen LogP) is 3.36. The van der Waals surface area contributed by atoms with Gasteiger partial charge in [-0.25, -0.2) is 0 Å². The minimum atomic E-state index is -0.521. The molecular formula is C13H15ClN4O3. The van der Waals surface area contributed by atoms with Crippen LogP contribution in [-0.2, 0) is 0 Å². The maximum atomic E-state index is 11.1. The number of nitrogens with one attached hydrogen (secondary N) is 1. The van der Waals surface area contributed by atoms with E-state index in [0.717, 1.165) is 13.0 Å². The van der Waals surface area contributed by atoms with E-state index in [0.29, 0.717) is 5.89 Å². The lowest BCUT2D eigenvalue weighted by atomic mass is 10.2. The second-order valence-corrected chi connectivity index (χ2v) is 4.82. The largest absolute Gasteiger partial charge is 0.419 e. The summed E-state index contributed by atoms with van der Waals surface area (Å²) in [7, 11) is 0. The van der Waals surface area contributed by atoms with Crippen molar-refractivity contribution in [2.24, 2.45) is 0 Å². The molecule has 2 rings (SSSR count).